The Morgan fingerprint density at radius 1 is 1.56 bits per heavy atom. The van der Waals surface area contributed by atoms with Crippen LogP contribution in [-0.4, -0.2) is 15.6 Å². The first-order valence-electron chi connectivity index (χ1n) is 5.10. The number of nitriles is 1. The molecular formula is C11H12N4O. The molecule has 1 aromatic rings. The van der Waals surface area contributed by atoms with Crippen molar-refractivity contribution in [3.63, 3.8) is 0 Å². The van der Waals surface area contributed by atoms with Crippen LogP contribution in [0.5, 0.6) is 0 Å². The van der Waals surface area contributed by atoms with Gasteiger partial charge in [-0.05, 0) is 24.5 Å². The molecule has 82 valence electrons. The number of ketones is 1. The van der Waals surface area contributed by atoms with Gasteiger partial charge in [0.05, 0.1) is 5.69 Å². The van der Waals surface area contributed by atoms with Gasteiger partial charge in [-0.2, -0.15) is 10.4 Å². The average molecular weight is 216 g/mol. The van der Waals surface area contributed by atoms with Crippen molar-refractivity contribution < 1.29 is 4.79 Å². The highest BCUT2D eigenvalue weighted by molar-refractivity contribution is 5.98. The molecule has 0 aliphatic heterocycles. The van der Waals surface area contributed by atoms with Crippen LogP contribution in [0.3, 0.4) is 0 Å². The molecule has 5 nitrogen and oxygen atoms in total. The summed E-state index contributed by atoms with van der Waals surface area (Å²) in [5.74, 6) is 0.323. The first kappa shape index (κ1) is 10.4. The number of nitrogens with zero attached hydrogens (tertiary/aromatic N) is 3. The van der Waals surface area contributed by atoms with E-state index in [4.69, 9.17) is 11.0 Å². The molecule has 2 rings (SSSR count). The van der Waals surface area contributed by atoms with E-state index in [9.17, 15) is 4.79 Å². The number of allylic oxidation sites excluding steroid dienone is 2. The first-order chi connectivity index (χ1) is 7.63. The number of nitrogen functional groups attached to an aromatic ring is 1. The second kappa shape index (κ2) is 3.81. The Kier molecular flexibility index (Phi) is 2.49. The predicted octanol–water partition coefficient (Wildman–Crippen LogP) is 1.01. The molecule has 0 amide bonds. The molecule has 0 atom stereocenters. The smallest absolute Gasteiger partial charge is 0.164 e. The Balaban J connectivity index is 2.56. The third kappa shape index (κ3) is 1.58. The summed E-state index contributed by atoms with van der Waals surface area (Å²) in [6.07, 6.45) is 3.79. The maximum absolute atomic E-state index is 11.3. The van der Waals surface area contributed by atoms with Gasteiger partial charge in [-0.15, -0.1) is 0 Å². The van der Waals surface area contributed by atoms with Crippen molar-refractivity contribution in [3.05, 3.63) is 17.3 Å². The molecule has 1 aromatic heterocycles. The van der Waals surface area contributed by atoms with Gasteiger partial charge in [0.1, 0.15) is 11.6 Å². The molecule has 0 saturated carbocycles. The molecule has 0 unspecified atom stereocenters. The highest BCUT2D eigenvalue weighted by Gasteiger charge is 2.20. The predicted molar refractivity (Wildman–Crippen MR) is 59.2 cm³/mol. The van der Waals surface area contributed by atoms with E-state index in [1.54, 1.807) is 17.8 Å². The zero-order valence-corrected chi connectivity index (χ0v) is 9.03. The summed E-state index contributed by atoms with van der Waals surface area (Å²) in [5.41, 5.74) is 7.53. The molecule has 0 radical (unpaired) electrons. The zero-order chi connectivity index (χ0) is 11.7. The van der Waals surface area contributed by atoms with Crippen LogP contribution in [0.15, 0.2) is 6.08 Å². The van der Waals surface area contributed by atoms with Crippen molar-refractivity contribution in [1.29, 1.82) is 5.26 Å². The zero-order valence-electron chi connectivity index (χ0n) is 9.03. The number of carbonyl (C=O) groups is 1. The van der Waals surface area contributed by atoms with E-state index >= 15 is 0 Å². The van der Waals surface area contributed by atoms with Crippen LogP contribution in [0.4, 0.5) is 5.82 Å². The Labute approximate surface area is 93.2 Å². The average Bonchev–Trinajstić information content (AvgIpc) is 2.52. The number of hydrogen-bond donors (Lipinski definition) is 1. The van der Waals surface area contributed by atoms with Crippen LogP contribution in [0, 0.1) is 11.3 Å². The minimum absolute atomic E-state index is 0.102. The summed E-state index contributed by atoms with van der Waals surface area (Å²) < 4.78 is 1.57. The lowest BCUT2D eigenvalue weighted by Crippen LogP contribution is -2.06. The van der Waals surface area contributed by atoms with Crippen LogP contribution < -0.4 is 5.73 Å². The van der Waals surface area contributed by atoms with E-state index in [0.29, 0.717) is 17.7 Å². The summed E-state index contributed by atoms with van der Waals surface area (Å²) in [4.78, 5) is 11.3. The van der Waals surface area contributed by atoms with E-state index in [-0.39, 0.29) is 11.6 Å². The van der Waals surface area contributed by atoms with Crippen LogP contribution in [-0.2, 0) is 11.8 Å². The van der Waals surface area contributed by atoms with Gasteiger partial charge in [0.15, 0.2) is 11.6 Å². The van der Waals surface area contributed by atoms with Gasteiger partial charge in [-0.25, -0.2) is 0 Å². The molecule has 16 heavy (non-hydrogen) atoms. The third-order valence-electron chi connectivity index (χ3n) is 2.69. The van der Waals surface area contributed by atoms with Crippen LogP contribution in [0.1, 0.15) is 30.5 Å². The second-order valence-corrected chi connectivity index (χ2v) is 3.83. The van der Waals surface area contributed by atoms with Gasteiger partial charge in [0.2, 0.25) is 0 Å². The quantitative estimate of drug-likeness (QED) is 0.759. The third-order valence-corrected chi connectivity index (χ3v) is 2.69. The SMILES string of the molecule is Cn1nc(N)c(C#N)c1C1=CC(=O)CCC1. The van der Waals surface area contributed by atoms with Gasteiger partial charge < -0.3 is 5.73 Å². The summed E-state index contributed by atoms with van der Waals surface area (Å²) in [5, 5.41) is 13.0. The maximum atomic E-state index is 11.3. The lowest BCUT2D eigenvalue weighted by molar-refractivity contribution is -0.114. The van der Waals surface area contributed by atoms with E-state index in [2.05, 4.69) is 5.10 Å². The monoisotopic (exact) mass is 216 g/mol. The molecule has 1 aliphatic carbocycles. The van der Waals surface area contributed by atoms with Crippen molar-refractivity contribution in [2.24, 2.45) is 7.05 Å². The Morgan fingerprint density at radius 3 is 2.94 bits per heavy atom. The number of anilines is 1. The van der Waals surface area contributed by atoms with Gasteiger partial charge in [-0.1, -0.05) is 0 Å². The van der Waals surface area contributed by atoms with E-state index in [0.717, 1.165) is 18.4 Å². The molecule has 5 heteroatoms. The molecule has 0 spiro atoms. The minimum Gasteiger partial charge on any atom is -0.381 e. The fourth-order valence-corrected chi connectivity index (χ4v) is 2.00. The topological polar surface area (TPSA) is 84.7 Å². The maximum Gasteiger partial charge on any atom is 0.164 e. The summed E-state index contributed by atoms with van der Waals surface area (Å²) in [6, 6.07) is 2.04. The number of aromatic nitrogens is 2. The largest absolute Gasteiger partial charge is 0.381 e. The molecule has 0 aromatic carbocycles. The fourth-order valence-electron chi connectivity index (χ4n) is 2.00. The summed E-state index contributed by atoms with van der Waals surface area (Å²) in [6.45, 7) is 0. The number of hydrogen-bond acceptors (Lipinski definition) is 4. The van der Waals surface area contributed by atoms with Crippen LogP contribution in [0.2, 0.25) is 0 Å². The Hall–Kier alpha value is -2.09. The summed E-state index contributed by atoms with van der Waals surface area (Å²) >= 11 is 0. The highest BCUT2D eigenvalue weighted by atomic mass is 16.1. The van der Waals surface area contributed by atoms with Crippen molar-refractivity contribution in [3.8, 4) is 6.07 Å². The number of rotatable bonds is 1. The van der Waals surface area contributed by atoms with E-state index in [1.165, 1.54) is 0 Å². The molecular weight excluding hydrogens is 204 g/mol. The van der Waals surface area contributed by atoms with Gasteiger partial charge >= 0.3 is 0 Å². The molecule has 2 N–H and O–H groups in total. The second-order valence-electron chi connectivity index (χ2n) is 3.83. The van der Waals surface area contributed by atoms with E-state index < -0.39 is 0 Å². The van der Waals surface area contributed by atoms with Crippen molar-refractivity contribution >= 4 is 17.2 Å². The number of aryl methyl sites for hydroxylation is 1. The van der Waals surface area contributed by atoms with E-state index in [1.807, 2.05) is 6.07 Å². The first-order valence-corrected chi connectivity index (χ1v) is 5.10. The lowest BCUT2D eigenvalue weighted by atomic mass is 9.94. The minimum atomic E-state index is 0.102. The summed E-state index contributed by atoms with van der Waals surface area (Å²) in [7, 11) is 1.73. The van der Waals surface area contributed by atoms with Crippen LogP contribution >= 0.6 is 0 Å². The molecule has 1 heterocycles. The lowest BCUT2D eigenvalue weighted by Gasteiger charge is -2.12. The Morgan fingerprint density at radius 2 is 2.31 bits per heavy atom. The standard InChI is InChI=1S/C11H12N4O/c1-15-10(9(6-12)11(13)14-15)7-3-2-4-8(16)5-7/h5H,2-4H2,1H3,(H2,13,14). The molecule has 0 saturated heterocycles. The van der Waals surface area contributed by atoms with Gasteiger partial charge in [-0.3, -0.25) is 9.48 Å². The van der Waals surface area contributed by atoms with Crippen molar-refractivity contribution in [2.45, 2.75) is 19.3 Å². The van der Waals surface area contributed by atoms with Crippen molar-refractivity contribution in [2.75, 3.05) is 5.73 Å². The Bertz CT molecular complexity index is 519. The highest BCUT2D eigenvalue weighted by Crippen LogP contribution is 2.29. The number of carbonyl (C=O) groups excluding carboxylic acids is 1. The van der Waals surface area contributed by atoms with Gasteiger partial charge in [0, 0.05) is 13.5 Å². The molecule has 1 aliphatic rings. The molecule has 0 bridgehead atoms. The van der Waals surface area contributed by atoms with Gasteiger partial charge in [0.25, 0.3) is 0 Å². The molecule has 0 fully saturated rings. The van der Waals surface area contributed by atoms with Crippen LogP contribution in [0.25, 0.3) is 5.57 Å². The normalized spacial score (nSPS) is 15.8. The fraction of sp³-hybridized carbons (Fsp3) is 0.364. The van der Waals surface area contributed by atoms with Crippen molar-refractivity contribution in [1.82, 2.24) is 9.78 Å². The number of nitrogens with two attached hydrogens (primary N) is 1.